The minimum atomic E-state index is 0.420. The minimum absolute atomic E-state index is 0.420. The van der Waals surface area contributed by atoms with E-state index in [2.05, 4.69) is 208 Å². The maximum Gasteiger partial charge on any atom is 0.0857 e. The lowest BCUT2D eigenvalue weighted by Gasteiger charge is -2.33. The van der Waals surface area contributed by atoms with Gasteiger partial charge in [0.05, 0.1) is 34.1 Å². The van der Waals surface area contributed by atoms with Gasteiger partial charge in [-0.05, 0) is 145 Å². The first-order valence-electron chi connectivity index (χ1n) is 26.8. The standard InChI is InChI=1S/C60H72N12/c1-2-8-56-55(7-1)61-37-43-13-25-49(26-14-43)67-69-51-29-17-45(18-30-51)39-63-57-9-3-4-10-58(57)65-41-47-21-33-53(34-22-47)71-72-54-35-23-48(24-36-54)42-66-60-12-6-5-11-59(60)64-40-46-19-31-52(32-20-46)70-68-50-27-15-44(16-28-50)38-62-56/h13-36,55-66H,1-12,37-42H2/t55-,56-,57-,58-,59-,60-/m1/s1. The molecule has 72 heavy (non-hydrogen) atoms. The van der Waals surface area contributed by atoms with Crippen LogP contribution < -0.4 is 31.9 Å². The maximum atomic E-state index is 4.57. The fraction of sp³-hybridized carbons (Fsp3) is 0.400. The Bertz CT molecular complexity index is 2180. The van der Waals surface area contributed by atoms with Crippen LogP contribution in [-0.4, -0.2) is 36.3 Å². The number of hydrogen-bond acceptors (Lipinski definition) is 12. The van der Waals surface area contributed by atoms with Gasteiger partial charge in [0.15, 0.2) is 0 Å². The summed E-state index contributed by atoms with van der Waals surface area (Å²) in [5.41, 5.74) is 12.6. The molecule has 14 heterocycles. The van der Waals surface area contributed by atoms with Crippen molar-refractivity contribution in [2.75, 3.05) is 0 Å². The Morgan fingerprint density at radius 2 is 0.347 bits per heavy atom. The van der Waals surface area contributed by atoms with Gasteiger partial charge < -0.3 is 31.9 Å². The molecule has 12 heteroatoms. The van der Waals surface area contributed by atoms with Crippen molar-refractivity contribution in [2.45, 2.75) is 153 Å². The predicted molar refractivity (Wildman–Crippen MR) is 290 cm³/mol. The fourth-order valence-electron chi connectivity index (χ4n) is 10.8. The molecule has 0 amide bonds. The molecule has 0 unspecified atom stereocenters. The molecule has 17 aliphatic rings. The Labute approximate surface area is 426 Å². The largest absolute Gasteiger partial charge is 0.308 e. The first-order chi connectivity index (χ1) is 35.6. The Morgan fingerprint density at radius 3 is 0.486 bits per heavy atom. The third kappa shape index (κ3) is 14.5. The summed E-state index contributed by atoms with van der Waals surface area (Å²) in [7, 11) is 0. The average molecular weight is 961 g/mol. The summed E-state index contributed by atoms with van der Waals surface area (Å²) in [6, 6.07) is 53.3. The summed E-state index contributed by atoms with van der Waals surface area (Å²) in [5.74, 6) is 0. The molecular weight excluding hydrogens is 889 g/mol. The van der Waals surface area contributed by atoms with Gasteiger partial charge in [-0.25, -0.2) is 0 Å². The number of benzene rings is 6. The van der Waals surface area contributed by atoms with Crippen molar-refractivity contribution in [1.29, 1.82) is 0 Å². The number of nitrogens with zero attached hydrogens (tertiary/aromatic N) is 6. The zero-order valence-electron chi connectivity index (χ0n) is 41.7. The van der Waals surface area contributed by atoms with Gasteiger partial charge in [0.25, 0.3) is 0 Å². The van der Waals surface area contributed by atoms with Crippen molar-refractivity contribution in [2.24, 2.45) is 30.7 Å². The molecule has 6 atom stereocenters. The van der Waals surface area contributed by atoms with Gasteiger partial charge in [-0.15, -0.1) is 0 Å². The van der Waals surface area contributed by atoms with Gasteiger partial charge >= 0.3 is 0 Å². The molecule has 372 valence electrons. The number of azo groups is 3. The van der Waals surface area contributed by atoms with E-state index in [1.807, 2.05) is 0 Å². The summed E-state index contributed by atoms with van der Waals surface area (Å²) in [6.45, 7) is 4.94. The van der Waals surface area contributed by atoms with Crippen molar-refractivity contribution in [3.8, 4) is 0 Å². The van der Waals surface area contributed by atoms with Crippen molar-refractivity contribution >= 4 is 34.1 Å². The first-order valence-corrected chi connectivity index (χ1v) is 26.8. The van der Waals surface area contributed by atoms with E-state index in [-0.39, 0.29) is 0 Å². The molecule has 0 aromatic heterocycles. The molecule has 6 N–H and O–H groups in total. The Morgan fingerprint density at radius 1 is 0.208 bits per heavy atom. The predicted octanol–water partition coefficient (Wildman–Crippen LogP) is 13.8. The van der Waals surface area contributed by atoms with Gasteiger partial charge in [0, 0.05) is 75.5 Å². The monoisotopic (exact) mass is 961 g/mol. The molecule has 6 aromatic carbocycles. The molecule has 3 saturated carbocycles. The second kappa shape index (κ2) is 25.5. The van der Waals surface area contributed by atoms with Crippen molar-refractivity contribution in [3.05, 3.63) is 179 Å². The Balaban J connectivity index is 0.785. The fourth-order valence-corrected chi connectivity index (χ4v) is 10.8. The van der Waals surface area contributed by atoms with E-state index in [4.69, 9.17) is 0 Å². The highest BCUT2D eigenvalue weighted by Crippen LogP contribution is 2.27. The molecule has 0 spiro atoms. The Kier molecular flexibility index (Phi) is 17.5. The molecule has 3 fully saturated rings. The van der Waals surface area contributed by atoms with Crippen molar-refractivity contribution in [1.82, 2.24) is 31.9 Å². The van der Waals surface area contributed by atoms with Gasteiger partial charge in [-0.1, -0.05) is 111 Å². The molecule has 12 nitrogen and oxygen atoms in total. The SMILES string of the molecule is c1cc2ccc1CN[C@@H]1CCCC[C@H]1NCc1ccc(cc1)N=Nc1ccc(cc1)CN[C@@H]1CCCC[C@H]1NCc1ccc(cc1)N=Nc1ccc(cc1)CN[C@@H]1CCCC[C@H]1NCc1ccc(cc1)N=N2. The lowest BCUT2D eigenvalue weighted by Crippen LogP contribution is -2.49. The zero-order chi connectivity index (χ0) is 48.6. The van der Waals surface area contributed by atoms with E-state index < -0.39 is 0 Å². The van der Waals surface area contributed by atoms with Gasteiger partial charge in [-0.3, -0.25) is 0 Å². The van der Waals surface area contributed by atoms with Crippen LogP contribution in [0.1, 0.15) is 110 Å². The summed E-state index contributed by atoms with van der Waals surface area (Å²) in [6.07, 6.45) is 14.6. The van der Waals surface area contributed by atoms with Gasteiger partial charge in [-0.2, -0.15) is 30.7 Å². The van der Waals surface area contributed by atoms with Gasteiger partial charge in [0.1, 0.15) is 0 Å². The average Bonchev–Trinajstić information content (AvgIpc) is 3.44. The maximum absolute atomic E-state index is 4.57. The van der Waals surface area contributed by atoms with Crippen molar-refractivity contribution < 1.29 is 0 Å². The zero-order valence-corrected chi connectivity index (χ0v) is 41.7. The highest BCUT2D eigenvalue weighted by Gasteiger charge is 2.26. The highest BCUT2D eigenvalue weighted by molar-refractivity contribution is 5.45. The smallest absolute Gasteiger partial charge is 0.0857 e. The van der Waals surface area contributed by atoms with Crippen molar-refractivity contribution in [3.63, 3.8) is 0 Å². The lowest BCUT2D eigenvalue weighted by molar-refractivity contribution is 0.281. The van der Waals surface area contributed by atoms with Crippen LogP contribution in [0.5, 0.6) is 0 Å². The normalized spacial score (nSPS) is 24.0. The van der Waals surface area contributed by atoms with Crippen LogP contribution in [0.2, 0.25) is 0 Å². The quantitative estimate of drug-likeness (QED) is 0.0894. The second-order valence-electron chi connectivity index (χ2n) is 20.4. The molecule has 23 rings (SSSR count). The summed E-state index contributed by atoms with van der Waals surface area (Å²) in [4.78, 5) is 0. The second-order valence-corrected chi connectivity index (χ2v) is 20.4. The summed E-state index contributed by atoms with van der Waals surface area (Å²) in [5, 5.41) is 50.6. The van der Waals surface area contributed by atoms with E-state index in [1.165, 1.54) is 110 Å². The lowest BCUT2D eigenvalue weighted by atomic mass is 9.90. The van der Waals surface area contributed by atoms with Crippen LogP contribution in [0.25, 0.3) is 0 Å². The van der Waals surface area contributed by atoms with Crippen LogP contribution >= 0.6 is 0 Å². The summed E-state index contributed by atoms with van der Waals surface area (Å²) < 4.78 is 0. The third-order valence-corrected chi connectivity index (χ3v) is 15.2. The molecule has 0 saturated heterocycles. The van der Waals surface area contributed by atoms with E-state index >= 15 is 0 Å². The van der Waals surface area contributed by atoms with Crippen LogP contribution in [0.3, 0.4) is 0 Å². The van der Waals surface area contributed by atoms with E-state index in [0.717, 1.165) is 73.4 Å². The minimum Gasteiger partial charge on any atom is -0.308 e. The molecule has 14 aliphatic heterocycles. The van der Waals surface area contributed by atoms with Crippen LogP contribution in [0.15, 0.2) is 176 Å². The molecule has 6 aromatic rings. The van der Waals surface area contributed by atoms with E-state index in [9.17, 15) is 0 Å². The first kappa shape index (κ1) is 49.5. The van der Waals surface area contributed by atoms with Gasteiger partial charge in [0.2, 0.25) is 0 Å². The number of hydrogen-bond donors (Lipinski definition) is 6. The molecule has 3 aliphatic carbocycles. The summed E-state index contributed by atoms with van der Waals surface area (Å²) >= 11 is 0. The van der Waals surface area contributed by atoms with E-state index in [1.54, 1.807) is 0 Å². The Hall–Kier alpha value is -6.12. The van der Waals surface area contributed by atoms with Crippen LogP contribution in [0.4, 0.5) is 34.1 Å². The molecule has 12 bridgehead atoms. The highest BCUT2D eigenvalue weighted by atomic mass is 15.1. The van der Waals surface area contributed by atoms with Crippen LogP contribution in [0, 0.1) is 0 Å². The topological polar surface area (TPSA) is 146 Å². The number of nitrogens with one attached hydrogen (secondary N) is 6. The molecular formula is C60H72N12. The third-order valence-electron chi connectivity index (χ3n) is 15.2. The number of rotatable bonds is 0. The van der Waals surface area contributed by atoms with E-state index in [0.29, 0.717) is 36.3 Å². The molecule has 0 radical (unpaired) electrons. The van der Waals surface area contributed by atoms with Crippen LogP contribution in [-0.2, 0) is 39.3 Å².